The topological polar surface area (TPSA) is 8.17 Å². The Hall–Kier alpha value is -7.68. The second kappa shape index (κ2) is 13.7. The van der Waals surface area contributed by atoms with Crippen molar-refractivity contribution in [2.24, 2.45) is 0 Å². The van der Waals surface area contributed by atoms with Gasteiger partial charge in [-0.15, -0.1) is 0 Å². The normalized spacial score (nSPS) is 12.9. The maximum Gasteiger partial charge on any atom is 0.0561 e. The van der Waals surface area contributed by atoms with Crippen LogP contribution in [0.5, 0.6) is 0 Å². The van der Waals surface area contributed by atoms with Crippen LogP contribution in [0.3, 0.4) is 0 Å². The molecule has 0 saturated carbocycles. The first-order valence-corrected chi connectivity index (χ1v) is 21.3. The van der Waals surface area contributed by atoms with Gasteiger partial charge in [-0.1, -0.05) is 184 Å². The van der Waals surface area contributed by atoms with E-state index in [2.05, 4.69) is 242 Å². The number of aromatic nitrogens is 1. The summed E-state index contributed by atoms with van der Waals surface area (Å²) in [4.78, 5) is 2.54. The van der Waals surface area contributed by atoms with E-state index in [4.69, 9.17) is 0 Å². The number of hydrogen-bond donors (Lipinski definition) is 0. The van der Waals surface area contributed by atoms with Crippen LogP contribution in [-0.2, 0) is 5.41 Å². The minimum atomic E-state index is -0.172. The van der Waals surface area contributed by atoms with Crippen LogP contribution in [0.4, 0.5) is 17.1 Å². The fourth-order valence-electron chi connectivity index (χ4n) is 10.4. The predicted molar refractivity (Wildman–Crippen MR) is 259 cm³/mol. The van der Waals surface area contributed by atoms with E-state index >= 15 is 0 Å². The van der Waals surface area contributed by atoms with Crippen LogP contribution in [-0.4, -0.2) is 4.57 Å². The van der Waals surface area contributed by atoms with E-state index in [-0.39, 0.29) is 5.41 Å². The van der Waals surface area contributed by atoms with Crippen LogP contribution in [0.1, 0.15) is 25.0 Å². The first-order valence-electron chi connectivity index (χ1n) is 21.3. The molecule has 61 heavy (non-hydrogen) atoms. The summed E-state index contributed by atoms with van der Waals surface area (Å²) in [7, 11) is 0. The Balaban J connectivity index is 1.24. The molecule has 0 bridgehead atoms. The Kier molecular flexibility index (Phi) is 7.92. The van der Waals surface area contributed by atoms with Gasteiger partial charge in [0.15, 0.2) is 0 Å². The Bertz CT molecular complexity index is 3460. The van der Waals surface area contributed by atoms with Crippen molar-refractivity contribution in [1.82, 2.24) is 4.57 Å². The summed E-state index contributed by atoms with van der Waals surface area (Å²) < 4.78 is 2.50. The molecular formula is C59H42N2. The number of hydrogen-bond acceptors (Lipinski definition) is 1. The van der Waals surface area contributed by atoms with Gasteiger partial charge in [-0.05, 0) is 103 Å². The summed E-state index contributed by atoms with van der Waals surface area (Å²) in [5, 5.41) is 7.41. The lowest BCUT2D eigenvalue weighted by Crippen LogP contribution is -2.17. The van der Waals surface area contributed by atoms with Crippen molar-refractivity contribution < 1.29 is 0 Å². The molecule has 1 heterocycles. The van der Waals surface area contributed by atoms with Crippen molar-refractivity contribution in [3.63, 3.8) is 0 Å². The predicted octanol–water partition coefficient (Wildman–Crippen LogP) is 16.2. The van der Waals surface area contributed by atoms with E-state index in [0.717, 1.165) is 22.7 Å². The van der Waals surface area contributed by atoms with E-state index in [0.29, 0.717) is 0 Å². The van der Waals surface area contributed by atoms with E-state index in [1.807, 2.05) is 0 Å². The number of nitrogens with zero attached hydrogens (tertiary/aromatic N) is 2. The number of benzene rings is 10. The first kappa shape index (κ1) is 35.3. The molecule has 0 saturated heterocycles. The fourth-order valence-corrected chi connectivity index (χ4v) is 10.4. The molecule has 0 aliphatic heterocycles. The zero-order valence-corrected chi connectivity index (χ0v) is 34.2. The molecule has 288 valence electrons. The van der Waals surface area contributed by atoms with Gasteiger partial charge in [-0.25, -0.2) is 0 Å². The van der Waals surface area contributed by atoms with Crippen molar-refractivity contribution in [2.75, 3.05) is 4.90 Å². The summed E-state index contributed by atoms with van der Waals surface area (Å²) in [5.41, 5.74) is 16.7. The van der Waals surface area contributed by atoms with Crippen molar-refractivity contribution in [3.05, 3.63) is 230 Å². The molecule has 0 unspecified atom stereocenters. The van der Waals surface area contributed by atoms with E-state index in [1.165, 1.54) is 87.9 Å². The molecule has 11 aromatic rings. The van der Waals surface area contributed by atoms with E-state index in [1.54, 1.807) is 0 Å². The highest BCUT2D eigenvalue weighted by molar-refractivity contribution is 6.17. The zero-order valence-electron chi connectivity index (χ0n) is 34.2. The average Bonchev–Trinajstić information content (AvgIpc) is 3.77. The highest BCUT2D eigenvalue weighted by Gasteiger charge is 2.36. The largest absolute Gasteiger partial charge is 0.309 e. The smallest absolute Gasteiger partial charge is 0.0561 e. The van der Waals surface area contributed by atoms with Gasteiger partial charge in [-0.3, -0.25) is 0 Å². The first-order chi connectivity index (χ1) is 30.1. The highest BCUT2D eigenvalue weighted by Crippen LogP contribution is 2.53. The Morgan fingerprint density at radius 2 is 0.951 bits per heavy atom. The van der Waals surface area contributed by atoms with Crippen LogP contribution in [0.15, 0.2) is 218 Å². The average molecular weight is 779 g/mol. The molecule has 0 N–H and O–H groups in total. The Morgan fingerprint density at radius 1 is 0.377 bits per heavy atom. The van der Waals surface area contributed by atoms with Gasteiger partial charge in [0.2, 0.25) is 0 Å². The van der Waals surface area contributed by atoms with Gasteiger partial charge in [0.25, 0.3) is 0 Å². The SMILES string of the molecule is CC1(C)c2ccccc2-c2ccc(N(c3ccccc3-c3ccccc3)c3cccc(-n4c5ccccc5c5ccccc54)c3-c3cc4ccccc4c4ccccc34)cc21. The quantitative estimate of drug-likeness (QED) is 0.153. The zero-order chi connectivity index (χ0) is 40.7. The lowest BCUT2D eigenvalue weighted by atomic mass is 9.82. The number of para-hydroxylation sites is 3. The van der Waals surface area contributed by atoms with Crippen LogP contribution in [0.2, 0.25) is 0 Å². The monoisotopic (exact) mass is 778 g/mol. The van der Waals surface area contributed by atoms with Crippen molar-refractivity contribution in [3.8, 4) is 39.1 Å². The second-order valence-corrected chi connectivity index (χ2v) is 16.9. The number of fused-ring (bicyclic) bond motifs is 9. The second-order valence-electron chi connectivity index (χ2n) is 16.9. The maximum atomic E-state index is 2.54. The Morgan fingerprint density at radius 3 is 1.72 bits per heavy atom. The highest BCUT2D eigenvalue weighted by atomic mass is 15.2. The van der Waals surface area contributed by atoms with Crippen molar-refractivity contribution in [2.45, 2.75) is 19.3 Å². The van der Waals surface area contributed by atoms with Gasteiger partial charge < -0.3 is 9.47 Å². The van der Waals surface area contributed by atoms with Crippen molar-refractivity contribution >= 4 is 60.4 Å². The van der Waals surface area contributed by atoms with Gasteiger partial charge in [-0.2, -0.15) is 0 Å². The fraction of sp³-hybridized carbons (Fsp3) is 0.0508. The molecule has 12 rings (SSSR count). The summed E-state index contributed by atoms with van der Waals surface area (Å²) in [6, 6.07) is 80.7. The van der Waals surface area contributed by atoms with Gasteiger partial charge in [0, 0.05) is 33.0 Å². The lowest BCUT2D eigenvalue weighted by molar-refractivity contribution is 0.660. The van der Waals surface area contributed by atoms with E-state index in [9.17, 15) is 0 Å². The third-order valence-corrected chi connectivity index (χ3v) is 13.2. The van der Waals surface area contributed by atoms with Gasteiger partial charge in [0.1, 0.15) is 0 Å². The van der Waals surface area contributed by atoms with Gasteiger partial charge in [0.05, 0.1) is 28.1 Å². The summed E-state index contributed by atoms with van der Waals surface area (Å²) in [6.07, 6.45) is 0. The molecule has 1 aliphatic carbocycles. The third-order valence-electron chi connectivity index (χ3n) is 13.2. The molecule has 0 atom stereocenters. The standard InChI is InChI=1S/C59H42N2/c1-59(2)51-29-14-10-26-46(51)47-36-35-41(38-52(47)59)60(53-30-15-11-23-43(53)39-19-4-3-5-20-39)56-33-18-34-57(61-54-31-16-12-27-48(54)49-28-13-17-32-55(49)61)58(56)50-37-40-21-6-7-22-42(40)44-24-8-9-25-45(44)50/h3-38H,1-2H3. The maximum absolute atomic E-state index is 2.54. The lowest BCUT2D eigenvalue weighted by Gasteiger charge is -2.32. The molecule has 0 spiro atoms. The third kappa shape index (κ3) is 5.35. The molecule has 0 amide bonds. The van der Waals surface area contributed by atoms with Crippen molar-refractivity contribution in [1.29, 1.82) is 0 Å². The summed E-state index contributed by atoms with van der Waals surface area (Å²) >= 11 is 0. The Labute approximate surface area is 356 Å². The van der Waals surface area contributed by atoms with Crippen LogP contribution in [0.25, 0.3) is 82.4 Å². The molecule has 0 fully saturated rings. The number of rotatable bonds is 6. The minimum Gasteiger partial charge on any atom is -0.309 e. The van der Waals surface area contributed by atoms with Crippen LogP contribution in [0, 0.1) is 0 Å². The molecule has 2 heteroatoms. The minimum absolute atomic E-state index is 0.172. The van der Waals surface area contributed by atoms with Crippen LogP contribution < -0.4 is 4.90 Å². The molecule has 1 aromatic heterocycles. The number of anilines is 3. The molecule has 2 nitrogen and oxygen atoms in total. The molecule has 0 radical (unpaired) electrons. The van der Waals surface area contributed by atoms with E-state index < -0.39 is 0 Å². The molecule has 1 aliphatic rings. The molecule has 10 aromatic carbocycles. The van der Waals surface area contributed by atoms with Gasteiger partial charge >= 0.3 is 0 Å². The summed E-state index contributed by atoms with van der Waals surface area (Å²) in [5.74, 6) is 0. The van der Waals surface area contributed by atoms with Crippen LogP contribution >= 0.6 is 0 Å². The summed E-state index contributed by atoms with van der Waals surface area (Å²) in [6.45, 7) is 4.75. The molecular weight excluding hydrogens is 737 g/mol.